The second-order valence-corrected chi connectivity index (χ2v) is 9.34. The molecule has 2 aliphatic rings. The number of methoxy groups -OCH3 is 1. The molecule has 1 aliphatic carbocycles. The van der Waals surface area contributed by atoms with E-state index in [-0.39, 0.29) is 11.8 Å². The number of likely N-dealkylation sites (tertiary alicyclic amines) is 1. The van der Waals surface area contributed by atoms with Crippen LogP contribution in [-0.2, 0) is 22.6 Å². The molecule has 0 N–H and O–H groups in total. The predicted octanol–water partition coefficient (Wildman–Crippen LogP) is 5.92. The highest BCUT2D eigenvalue weighted by atomic mass is 35.5. The van der Waals surface area contributed by atoms with E-state index in [4.69, 9.17) is 32.7 Å². The van der Waals surface area contributed by atoms with E-state index < -0.39 is 0 Å². The van der Waals surface area contributed by atoms with Crippen molar-refractivity contribution in [1.82, 2.24) is 4.90 Å². The number of amides is 1. The molecule has 4 nitrogen and oxygen atoms in total. The van der Waals surface area contributed by atoms with Crippen molar-refractivity contribution in [3.8, 4) is 5.75 Å². The molecule has 0 radical (unpaired) electrons. The molecule has 1 saturated heterocycles. The molecule has 1 heterocycles. The first-order chi connectivity index (χ1) is 15.0. The third kappa shape index (κ3) is 5.36. The Bertz CT molecular complexity index is 874. The normalized spacial score (nSPS) is 23.9. The zero-order valence-electron chi connectivity index (χ0n) is 17.9. The Morgan fingerprint density at radius 3 is 2.32 bits per heavy atom. The van der Waals surface area contributed by atoms with E-state index in [1.54, 1.807) is 19.2 Å². The van der Waals surface area contributed by atoms with Gasteiger partial charge < -0.3 is 14.4 Å². The SMILES string of the molecule is COC1CCC(N2CCC(Cc3c(Cl)cc(OCc4ccccc4)cc3Cl)C2=O)CC1. The molecule has 0 spiro atoms. The Hall–Kier alpha value is -1.75. The van der Waals surface area contributed by atoms with Gasteiger partial charge >= 0.3 is 0 Å². The van der Waals surface area contributed by atoms with Gasteiger partial charge in [0, 0.05) is 35.7 Å². The van der Waals surface area contributed by atoms with Crippen LogP contribution in [-0.4, -0.2) is 36.6 Å². The topological polar surface area (TPSA) is 38.8 Å². The van der Waals surface area contributed by atoms with Crippen LogP contribution in [0.15, 0.2) is 42.5 Å². The maximum Gasteiger partial charge on any atom is 0.226 e. The fraction of sp³-hybridized carbons (Fsp3) is 0.480. The smallest absolute Gasteiger partial charge is 0.226 e. The molecule has 166 valence electrons. The lowest BCUT2D eigenvalue weighted by molar-refractivity contribution is -0.134. The van der Waals surface area contributed by atoms with E-state index in [0.29, 0.717) is 41.0 Å². The standard InChI is InChI=1S/C25H29Cl2NO3/c1-30-20-9-7-19(8-10-20)28-12-11-18(25(28)29)13-22-23(26)14-21(15-24(22)27)31-16-17-5-3-2-4-6-17/h2-6,14-15,18-20H,7-13,16H2,1H3. The molecule has 0 aromatic heterocycles. The fourth-order valence-electron chi connectivity index (χ4n) is 4.75. The van der Waals surface area contributed by atoms with Crippen LogP contribution in [0.4, 0.5) is 0 Å². The summed E-state index contributed by atoms with van der Waals surface area (Å²) in [6, 6.07) is 13.9. The number of carbonyl (C=O) groups excluding carboxylic acids is 1. The molecule has 4 rings (SSSR count). The summed E-state index contributed by atoms with van der Waals surface area (Å²) in [7, 11) is 1.77. The Morgan fingerprint density at radius 2 is 1.68 bits per heavy atom. The number of carbonyl (C=O) groups is 1. The lowest BCUT2D eigenvalue weighted by Gasteiger charge is -2.34. The van der Waals surface area contributed by atoms with Crippen LogP contribution in [0, 0.1) is 5.92 Å². The first kappa shape index (κ1) is 22.4. The third-order valence-corrected chi connectivity index (χ3v) is 7.26. The van der Waals surface area contributed by atoms with Crippen LogP contribution >= 0.6 is 23.2 Å². The molecule has 1 amide bonds. The highest BCUT2D eigenvalue weighted by molar-refractivity contribution is 6.36. The maximum atomic E-state index is 13.1. The lowest BCUT2D eigenvalue weighted by atomic mass is 9.91. The van der Waals surface area contributed by atoms with Crippen LogP contribution in [0.2, 0.25) is 10.0 Å². The number of rotatable bonds is 7. The summed E-state index contributed by atoms with van der Waals surface area (Å²) in [5.74, 6) is 0.806. The molecule has 1 atom stereocenters. The Labute approximate surface area is 194 Å². The van der Waals surface area contributed by atoms with Crippen molar-refractivity contribution >= 4 is 29.1 Å². The number of ether oxygens (including phenoxy) is 2. The molecule has 6 heteroatoms. The zero-order chi connectivity index (χ0) is 21.8. The predicted molar refractivity (Wildman–Crippen MR) is 124 cm³/mol. The summed E-state index contributed by atoms with van der Waals surface area (Å²) in [6.45, 7) is 1.27. The van der Waals surface area contributed by atoms with Gasteiger partial charge in [0.05, 0.1) is 6.10 Å². The zero-order valence-corrected chi connectivity index (χ0v) is 19.4. The van der Waals surface area contributed by atoms with Gasteiger partial charge in [-0.05, 0) is 61.8 Å². The molecular formula is C25H29Cl2NO3. The first-order valence-corrected chi connectivity index (χ1v) is 11.8. The van der Waals surface area contributed by atoms with Crippen molar-refractivity contribution in [3.63, 3.8) is 0 Å². The summed E-state index contributed by atoms with van der Waals surface area (Å²) in [4.78, 5) is 15.2. The van der Waals surface area contributed by atoms with Crippen LogP contribution in [0.3, 0.4) is 0 Å². The van der Waals surface area contributed by atoms with Gasteiger partial charge in [-0.3, -0.25) is 4.79 Å². The minimum Gasteiger partial charge on any atom is -0.489 e. The van der Waals surface area contributed by atoms with E-state index in [1.165, 1.54) is 0 Å². The summed E-state index contributed by atoms with van der Waals surface area (Å²) >= 11 is 13.1. The first-order valence-electron chi connectivity index (χ1n) is 11.0. The molecule has 2 aromatic rings. The minimum absolute atomic E-state index is 0.0637. The molecule has 31 heavy (non-hydrogen) atoms. The molecule has 2 aromatic carbocycles. The Morgan fingerprint density at radius 1 is 1.00 bits per heavy atom. The van der Waals surface area contributed by atoms with E-state index in [0.717, 1.165) is 49.8 Å². The average Bonchev–Trinajstić information content (AvgIpc) is 3.15. The van der Waals surface area contributed by atoms with Crippen LogP contribution < -0.4 is 4.74 Å². The van der Waals surface area contributed by atoms with Gasteiger partial charge in [-0.15, -0.1) is 0 Å². The van der Waals surface area contributed by atoms with Gasteiger partial charge in [0.1, 0.15) is 12.4 Å². The summed E-state index contributed by atoms with van der Waals surface area (Å²) in [5, 5.41) is 1.12. The molecule has 2 fully saturated rings. The minimum atomic E-state index is -0.0637. The van der Waals surface area contributed by atoms with E-state index in [2.05, 4.69) is 4.90 Å². The molecule has 1 aliphatic heterocycles. The highest BCUT2D eigenvalue weighted by Gasteiger charge is 2.37. The Kier molecular flexibility index (Phi) is 7.42. The van der Waals surface area contributed by atoms with Crippen LogP contribution in [0.25, 0.3) is 0 Å². The second kappa shape index (κ2) is 10.2. The van der Waals surface area contributed by atoms with Crippen molar-refractivity contribution in [2.45, 2.75) is 57.3 Å². The van der Waals surface area contributed by atoms with Gasteiger partial charge in [0.15, 0.2) is 0 Å². The van der Waals surface area contributed by atoms with Crippen molar-refractivity contribution < 1.29 is 14.3 Å². The number of nitrogens with zero attached hydrogens (tertiary/aromatic N) is 1. The van der Waals surface area contributed by atoms with E-state index in [9.17, 15) is 4.79 Å². The number of hydrogen-bond donors (Lipinski definition) is 0. The highest BCUT2D eigenvalue weighted by Crippen LogP contribution is 2.36. The lowest BCUT2D eigenvalue weighted by Crippen LogP contribution is -2.41. The maximum absolute atomic E-state index is 13.1. The number of benzene rings is 2. The van der Waals surface area contributed by atoms with Gasteiger partial charge in [-0.2, -0.15) is 0 Å². The monoisotopic (exact) mass is 461 g/mol. The largest absolute Gasteiger partial charge is 0.489 e. The molecule has 0 bridgehead atoms. The third-order valence-electron chi connectivity index (χ3n) is 6.58. The Balaban J connectivity index is 1.37. The second-order valence-electron chi connectivity index (χ2n) is 8.53. The molecular weight excluding hydrogens is 433 g/mol. The van der Waals surface area contributed by atoms with Crippen molar-refractivity contribution in [2.24, 2.45) is 5.92 Å². The van der Waals surface area contributed by atoms with E-state index in [1.807, 2.05) is 30.3 Å². The van der Waals surface area contributed by atoms with Crippen LogP contribution in [0.5, 0.6) is 5.75 Å². The van der Waals surface area contributed by atoms with Crippen molar-refractivity contribution in [1.29, 1.82) is 0 Å². The quantitative estimate of drug-likeness (QED) is 0.513. The molecule has 1 unspecified atom stereocenters. The average molecular weight is 462 g/mol. The van der Waals surface area contributed by atoms with Gasteiger partial charge in [0.25, 0.3) is 0 Å². The number of hydrogen-bond acceptors (Lipinski definition) is 3. The molecule has 1 saturated carbocycles. The van der Waals surface area contributed by atoms with E-state index >= 15 is 0 Å². The summed E-state index contributed by atoms with van der Waals surface area (Å²) in [5.41, 5.74) is 1.91. The van der Waals surface area contributed by atoms with Crippen LogP contribution in [0.1, 0.15) is 43.2 Å². The fourth-order valence-corrected chi connectivity index (χ4v) is 5.37. The number of halogens is 2. The van der Waals surface area contributed by atoms with Gasteiger partial charge in [-0.25, -0.2) is 0 Å². The van der Waals surface area contributed by atoms with Crippen molar-refractivity contribution in [3.05, 3.63) is 63.6 Å². The summed E-state index contributed by atoms with van der Waals surface area (Å²) in [6.07, 6.45) is 5.85. The van der Waals surface area contributed by atoms with Gasteiger partial charge in [-0.1, -0.05) is 53.5 Å². The summed E-state index contributed by atoms with van der Waals surface area (Å²) < 4.78 is 11.3. The van der Waals surface area contributed by atoms with Crippen molar-refractivity contribution in [2.75, 3.05) is 13.7 Å². The van der Waals surface area contributed by atoms with Gasteiger partial charge in [0.2, 0.25) is 5.91 Å².